The van der Waals surface area contributed by atoms with Gasteiger partial charge in [-0.25, -0.2) is 4.39 Å². The van der Waals surface area contributed by atoms with E-state index in [4.69, 9.17) is 0 Å². The molecule has 1 saturated heterocycles. The number of hydrogen-bond acceptors (Lipinski definition) is 3. The van der Waals surface area contributed by atoms with E-state index in [1.807, 2.05) is 19.2 Å². The van der Waals surface area contributed by atoms with Gasteiger partial charge < -0.3 is 0 Å². The van der Waals surface area contributed by atoms with Crippen molar-refractivity contribution >= 4 is 17.7 Å². The molecular weight excluding hydrogens is 275 g/mol. The molecule has 0 saturated carbocycles. The van der Waals surface area contributed by atoms with Gasteiger partial charge in [0.15, 0.2) is 0 Å². The average Bonchev–Trinajstić information content (AvgIpc) is 2.84. The summed E-state index contributed by atoms with van der Waals surface area (Å²) in [6.45, 7) is 4.05. The molecule has 0 aromatic heterocycles. The van der Waals surface area contributed by atoms with Crippen LogP contribution in [0.3, 0.4) is 0 Å². The lowest BCUT2D eigenvalue weighted by atomic mass is 10.0. The molecule has 0 spiro atoms. The van der Waals surface area contributed by atoms with Crippen LogP contribution in [0.5, 0.6) is 0 Å². The number of halogens is 1. The summed E-state index contributed by atoms with van der Waals surface area (Å²) in [4.78, 5) is 35.8. The van der Waals surface area contributed by atoms with Crippen molar-refractivity contribution < 1.29 is 18.8 Å². The number of hydrogen-bond donors (Lipinski definition) is 1. The van der Waals surface area contributed by atoms with Gasteiger partial charge in [-0.1, -0.05) is 32.0 Å². The summed E-state index contributed by atoms with van der Waals surface area (Å²) in [5.41, 5.74) is 1.10. The highest BCUT2D eigenvalue weighted by Crippen LogP contribution is 2.34. The minimum atomic E-state index is -2.44. The maximum absolute atomic E-state index is 14.8. The molecule has 0 aliphatic carbocycles. The van der Waals surface area contributed by atoms with Crippen LogP contribution in [0.2, 0.25) is 0 Å². The highest BCUT2D eigenvalue weighted by molar-refractivity contribution is 6.06. The van der Waals surface area contributed by atoms with Gasteiger partial charge in [-0.15, -0.1) is 0 Å². The Morgan fingerprint density at radius 1 is 1.19 bits per heavy atom. The van der Waals surface area contributed by atoms with Gasteiger partial charge in [0.2, 0.25) is 5.91 Å². The third-order valence-electron chi connectivity index (χ3n) is 3.53. The third-order valence-corrected chi connectivity index (χ3v) is 3.53. The van der Waals surface area contributed by atoms with Crippen LogP contribution in [0.25, 0.3) is 0 Å². The van der Waals surface area contributed by atoms with Crippen LogP contribution in [0.1, 0.15) is 42.6 Å². The summed E-state index contributed by atoms with van der Waals surface area (Å²) >= 11 is 0. The van der Waals surface area contributed by atoms with Gasteiger partial charge in [-0.2, -0.15) is 0 Å². The Labute approximate surface area is 122 Å². The average molecular weight is 292 g/mol. The van der Waals surface area contributed by atoms with E-state index in [1.165, 1.54) is 0 Å². The Balaban J connectivity index is 0.000000774. The summed E-state index contributed by atoms with van der Waals surface area (Å²) in [6, 6.07) is 6.77. The van der Waals surface area contributed by atoms with Crippen LogP contribution in [0.15, 0.2) is 24.3 Å². The number of nitrogens with zero attached hydrogens (tertiary/aromatic N) is 1. The van der Waals surface area contributed by atoms with Crippen molar-refractivity contribution in [1.29, 1.82) is 0 Å². The Morgan fingerprint density at radius 3 is 2.48 bits per heavy atom. The molecule has 1 fully saturated rings. The molecule has 1 atom stereocenters. The molecule has 0 bridgehead atoms. The van der Waals surface area contributed by atoms with Crippen molar-refractivity contribution in [3.63, 3.8) is 0 Å². The lowest BCUT2D eigenvalue weighted by molar-refractivity contribution is -0.154. The van der Waals surface area contributed by atoms with Crippen molar-refractivity contribution in [3.05, 3.63) is 35.4 Å². The quantitative estimate of drug-likeness (QED) is 0.633. The van der Waals surface area contributed by atoms with Crippen molar-refractivity contribution in [1.82, 2.24) is 10.2 Å². The van der Waals surface area contributed by atoms with Crippen LogP contribution in [-0.2, 0) is 16.1 Å². The van der Waals surface area contributed by atoms with Crippen LogP contribution in [0, 0.1) is 0 Å². The predicted molar refractivity (Wildman–Crippen MR) is 73.9 cm³/mol. The monoisotopic (exact) mass is 292 g/mol. The van der Waals surface area contributed by atoms with E-state index >= 15 is 0 Å². The number of imide groups is 1. The maximum atomic E-state index is 14.8. The molecule has 3 rings (SSSR count). The zero-order valence-corrected chi connectivity index (χ0v) is 12.0. The van der Waals surface area contributed by atoms with Crippen molar-refractivity contribution in [2.75, 3.05) is 0 Å². The van der Waals surface area contributed by atoms with E-state index in [1.54, 1.807) is 24.3 Å². The van der Waals surface area contributed by atoms with Crippen molar-refractivity contribution in [2.45, 2.75) is 39.0 Å². The molecule has 21 heavy (non-hydrogen) atoms. The first-order chi connectivity index (χ1) is 10.0. The zero-order valence-electron chi connectivity index (χ0n) is 12.0. The number of carbonyl (C=O) groups is 3. The van der Waals surface area contributed by atoms with E-state index in [0.29, 0.717) is 11.1 Å². The Kier molecular flexibility index (Phi) is 4.06. The largest absolute Gasteiger partial charge is 0.294 e. The molecule has 3 amide bonds. The molecule has 1 N–H and O–H groups in total. The number of rotatable bonds is 1. The molecular formula is C15H17FN2O3. The number of amides is 3. The second-order valence-electron chi connectivity index (χ2n) is 4.69. The number of carbonyl (C=O) groups excluding carboxylic acids is 3. The minimum Gasteiger partial charge on any atom is -0.294 e. The zero-order chi connectivity index (χ0) is 15.6. The molecule has 0 radical (unpaired) electrons. The molecule has 6 heteroatoms. The smallest absolute Gasteiger partial charge is 0.285 e. The Morgan fingerprint density at radius 2 is 1.86 bits per heavy atom. The molecule has 2 aliphatic heterocycles. The molecule has 2 heterocycles. The first kappa shape index (κ1) is 15.2. The van der Waals surface area contributed by atoms with Gasteiger partial charge in [-0.3, -0.25) is 24.6 Å². The van der Waals surface area contributed by atoms with E-state index in [9.17, 15) is 18.8 Å². The van der Waals surface area contributed by atoms with E-state index in [-0.39, 0.29) is 19.4 Å². The molecule has 112 valence electrons. The number of benzene rings is 1. The number of nitrogens with one attached hydrogen (secondary N) is 1. The lowest BCUT2D eigenvalue weighted by Gasteiger charge is -2.35. The third kappa shape index (κ3) is 2.41. The van der Waals surface area contributed by atoms with Gasteiger partial charge in [-0.05, 0) is 11.6 Å². The fourth-order valence-corrected chi connectivity index (χ4v) is 2.48. The SMILES string of the molecule is CC.O=C1CC[C@@](F)(N2Cc3ccccc3C2=O)C(=O)N1. The van der Waals surface area contributed by atoms with Crippen LogP contribution >= 0.6 is 0 Å². The van der Waals surface area contributed by atoms with Gasteiger partial charge >= 0.3 is 0 Å². The lowest BCUT2D eigenvalue weighted by Crippen LogP contribution is -2.60. The molecule has 5 nitrogen and oxygen atoms in total. The fourth-order valence-electron chi connectivity index (χ4n) is 2.48. The van der Waals surface area contributed by atoms with E-state index < -0.39 is 23.5 Å². The summed E-state index contributed by atoms with van der Waals surface area (Å²) < 4.78 is 14.8. The molecule has 2 aliphatic rings. The van der Waals surface area contributed by atoms with Gasteiger partial charge in [0.25, 0.3) is 17.6 Å². The number of alkyl halides is 1. The van der Waals surface area contributed by atoms with Gasteiger partial charge in [0.1, 0.15) is 0 Å². The standard InChI is InChI=1S/C13H11FN2O3.C2H6/c14-13(6-5-10(17)15-12(13)19)16-7-8-3-1-2-4-9(8)11(16)18;1-2/h1-4H,5-7H2,(H,15,17,19);1-2H3/t13-;/m1./s1. The second-order valence-corrected chi connectivity index (χ2v) is 4.69. The van der Waals surface area contributed by atoms with Crippen LogP contribution in [-0.4, -0.2) is 28.4 Å². The molecule has 0 unspecified atom stereocenters. The maximum Gasteiger partial charge on any atom is 0.285 e. The topological polar surface area (TPSA) is 66.5 Å². The van der Waals surface area contributed by atoms with Crippen molar-refractivity contribution in [2.24, 2.45) is 0 Å². The van der Waals surface area contributed by atoms with Crippen molar-refractivity contribution in [3.8, 4) is 0 Å². The predicted octanol–water partition coefficient (Wildman–Crippen LogP) is 1.77. The highest BCUT2D eigenvalue weighted by Gasteiger charge is 2.52. The first-order valence-electron chi connectivity index (χ1n) is 6.95. The molecule has 1 aromatic rings. The highest BCUT2D eigenvalue weighted by atomic mass is 19.1. The number of piperidine rings is 1. The fraction of sp³-hybridized carbons (Fsp3) is 0.400. The van der Waals surface area contributed by atoms with Crippen LogP contribution in [0.4, 0.5) is 4.39 Å². The first-order valence-corrected chi connectivity index (χ1v) is 6.95. The normalized spacial score (nSPS) is 24.1. The Bertz CT molecular complexity index is 602. The van der Waals surface area contributed by atoms with E-state index in [2.05, 4.69) is 0 Å². The van der Waals surface area contributed by atoms with Crippen LogP contribution < -0.4 is 5.32 Å². The second kappa shape index (κ2) is 5.63. The molecule has 1 aromatic carbocycles. The summed E-state index contributed by atoms with van der Waals surface area (Å²) in [6.07, 6.45) is -0.403. The number of fused-ring (bicyclic) bond motifs is 1. The van der Waals surface area contributed by atoms with Gasteiger partial charge in [0.05, 0.1) is 6.54 Å². The Hall–Kier alpha value is -2.24. The minimum absolute atomic E-state index is 0.0487. The summed E-state index contributed by atoms with van der Waals surface area (Å²) in [7, 11) is 0. The van der Waals surface area contributed by atoms with Gasteiger partial charge in [0, 0.05) is 18.4 Å². The summed E-state index contributed by atoms with van der Waals surface area (Å²) in [5, 5.41) is 1.95. The summed E-state index contributed by atoms with van der Waals surface area (Å²) in [5.74, 6) is -4.51. The van der Waals surface area contributed by atoms with E-state index in [0.717, 1.165) is 4.90 Å².